The number of hydrogen-bond donors (Lipinski definition) is 2. The number of rotatable bonds is 3. The zero-order chi connectivity index (χ0) is 18.3. The molecule has 0 unspecified atom stereocenters. The van der Waals surface area contributed by atoms with Crippen LogP contribution in [0.25, 0.3) is 22.5 Å². The Labute approximate surface area is 148 Å². The van der Waals surface area contributed by atoms with Gasteiger partial charge in [0.2, 0.25) is 0 Å². The smallest absolute Gasteiger partial charge is 0.267 e. The van der Waals surface area contributed by atoms with E-state index in [1.165, 1.54) is 0 Å². The average Bonchev–Trinajstić information content (AvgIpc) is 3.28. The summed E-state index contributed by atoms with van der Waals surface area (Å²) in [4.78, 5) is 16.7. The quantitative estimate of drug-likeness (QED) is 0.594. The maximum absolute atomic E-state index is 12.1. The van der Waals surface area contributed by atoms with Crippen LogP contribution in [0.15, 0.2) is 60.9 Å². The molecule has 0 bridgehead atoms. The Morgan fingerprint density at radius 2 is 1.81 bits per heavy atom. The van der Waals surface area contributed by atoms with Gasteiger partial charge in [0, 0.05) is 23.5 Å². The van der Waals surface area contributed by atoms with Gasteiger partial charge < -0.3 is 16.0 Å². The van der Waals surface area contributed by atoms with Crippen molar-refractivity contribution in [2.45, 2.75) is 0 Å². The van der Waals surface area contributed by atoms with Gasteiger partial charge in [0.25, 0.3) is 5.91 Å². The molecule has 0 radical (unpaired) electrons. The van der Waals surface area contributed by atoms with Gasteiger partial charge in [0.1, 0.15) is 17.4 Å². The lowest BCUT2D eigenvalue weighted by Gasteiger charge is -2.10. The molecular formula is C19H14N6O. The van der Waals surface area contributed by atoms with Crippen LogP contribution in [0.1, 0.15) is 16.1 Å². The van der Waals surface area contributed by atoms with Gasteiger partial charge in [-0.05, 0) is 30.3 Å². The van der Waals surface area contributed by atoms with Crippen molar-refractivity contribution in [3.05, 3.63) is 72.2 Å². The lowest BCUT2D eigenvalue weighted by atomic mass is 10.2. The molecule has 4 rings (SSSR count). The van der Waals surface area contributed by atoms with E-state index in [2.05, 4.69) is 11.1 Å². The number of hydrogen-bond acceptors (Lipinski definition) is 4. The molecule has 7 nitrogen and oxygen atoms in total. The average molecular weight is 342 g/mol. The van der Waals surface area contributed by atoms with Crippen molar-refractivity contribution < 1.29 is 4.79 Å². The van der Waals surface area contributed by atoms with E-state index >= 15 is 0 Å². The van der Waals surface area contributed by atoms with Gasteiger partial charge >= 0.3 is 0 Å². The third-order valence-corrected chi connectivity index (χ3v) is 4.18. The van der Waals surface area contributed by atoms with E-state index in [4.69, 9.17) is 11.5 Å². The van der Waals surface area contributed by atoms with Gasteiger partial charge in [-0.1, -0.05) is 18.2 Å². The lowest BCUT2D eigenvalue weighted by molar-refractivity contribution is 0.0995. The first-order valence-electron chi connectivity index (χ1n) is 7.85. The Balaban J connectivity index is 2.15. The summed E-state index contributed by atoms with van der Waals surface area (Å²) in [7, 11) is 0. The highest BCUT2D eigenvalue weighted by atomic mass is 16.1. The second-order valence-electron chi connectivity index (χ2n) is 5.73. The van der Waals surface area contributed by atoms with Crippen molar-refractivity contribution in [2.24, 2.45) is 5.73 Å². The van der Waals surface area contributed by atoms with Crippen LogP contribution in [0.5, 0.6) is 0 Å². The molecule has 0 atom stereocenters. The van der Waals surface area contributed by atoms with Crippen LogP contribution < -0.4 is 11.5 Å². The summed E-state index contributed by atoms with van der Waals surface area (Å²) in [6.45, 7) is 0. The number of primary amides is 1. The number of amides is 1. The van der Waals surface area contributed by atoms with E-state index in [0.29, 0.717) is 28.1 Å². The van der Waals surface area contributed by atoms with E-state index < -0.39 is 5.91 Å². The van der Waals surface area contributed by atoms with Crippen molar-refractivity contribution in [1.29, 1.82) is 5.26 Å². The Morgan fingerprint density at radius 3 is 2.42 bits per heavy atom. The normalized spacial score (nSPS) is 10.7. The van der Waals surface area contributed by atoms with Crippen LogP contribution in [-0.4, -0.2) is 20.0 Å². The van der Waals surface area contributed by atoms with Crippen molar-refractivity contribution >= 4 is 22.6 Å². The maximum atomic E-state index is 12.1. The van der Waals surface area contributed by atoms with Crippen molar-refractivity contribution in [3.8, 4) is 17.6 Å². The minimum Gasteiger partial charge on any atom is -0.396 e. The second-order valence-corrected chi connectivity index (χ2v) is 5.73. The molecule has 1 aromatic carbocycles. The number of aromatic nitrogens is 3. The Morgan fingerprint density at radius 1 is 1.12 bits per heavy atom. The molecule has 4 aromatic rings. The first kappa shape index (κ1) is 15.5. The molecule has 26 heavy (non-hydrogen) atoms. The predicted octanol–water partition coefficient (Wildman–Crippen LogP) is 2.37. The van der Waals surface area contributed by atoms with Crippen LogP contribution in [0.4, 0.5) is 5.69 Å². The molecule has 7 heteroatoms. The van der Waals surface area contributed by atoms with Crippen molar-refractivity contribution in [2.75, 3.05) is 5.73 Å². The molecule has 126 valence electrons. The highest BCUT2D eigenvalue weighted by Gasteiger charge is 2.23. The van der Waals surface area contributed by atoms with E-state index in [1.54, 1.807) is 27.6 Å². The van der Waals surface area contributed by atoms with Crippen LogP contribution >= 0.6 is 0 Å². The van der Waals surface area contributed by atoms with E-state index in [9.17, 15) is 10.1 Å². The Bertz CT molecular complexity index is 1170. The third kappa shape index (κ3) is 2.21. The summed E-state index contributed by atoms with van der Waals surface area (Å²) in [6.07, 6.45) is 3.59. The highest BCUT2D eigenvalue weighted by molar-refractivity contribution is 6.08. The minimum atomic E-state index is -0.662. The number of fused-ring (bicyclic) bond motifs is 1. The van der Waals surface area contributed by atoms with Crippen molar-refractivity contribution in [1.82, 2.24) is 14.1 Å². The maximum Gasteiger partial charge on any atom is 0.267 e. The fourth-order valence-electron chi connectivity index (χ4n) is 3.04. The van der Waals surface area contributed by atoms with Gasteiger partial charge in [-0.2, -0.15) is 5.26 Å². The molecule has 0 saturated carbocycles. The number of para-hydroxylation sites is 1. The monoisotopic (exact) mass is 342 g/mol. The molecule has 0 aliphatic heterocycles. The lowest BCUT2D eigenvalue weighted by Crippen LogP contribution is -2.17. The molecule has 0 aliphatic rings. The zero-order valence-corrected chi connectivity index (χ0v) is 13.6. The number of benzene rings is 1. The Hall–Kier alpha value is -4.05. The zero-order valence-electron chi connectivity index (χ0n) is 13.6. The largest absolute Gasteiger partial charge is 0.396 e. The highest BCUT2D eigenvalue weighted by Crippen LogP contribution is 2.32. The molecule has 0 saturated heterocycles. The molecule has 1 amide bonds. The van der Waals surface area contributed by atoms with E-state index in [1.807, 2.05) is 42.5 Å². The van der Waals surface area contributed by atoms with Crippen LogP contribution in [0.3, 0.4) is 0 Å². The molecule has 3 aromatic heterocycles. The van der Waals surface area contributed by atoms with E-state index in [-0.39, 0.29) is 11.4 Å². The van der Waals surface area contributed by atoms with Crippen LogP contribution in [0, 0.1) is 11.3 Å². The van der Waals surface area contributed by atoms with Gasteiger partial charge in [-0.3, -0.25) is 9.36 Å². The number of anilines is 1. The first-order chi connectivity index (χ1) is 12.6. The van der Waals surface area contributed by atoms with Gasteiger partial charge in [-0.25, -0.2) is 4.98 Å². The number of nitrogen functional groups attached to an aromatic ring is 1. The summed E-state index contributed by atoms with van der Waals surface area (Å²) in [5, 5.41) is 10.0. The number of carbonyl (C=O) groups excluding carboxylic acids is 1. The van der Waals surface area contributed by atoms with Gasteiger partial charge in [0.15, 0.2) is 5.82 Å². The topological polar surface area (TPSA) is 116 Å². The molecule has 3 heterocycles. The third-order valence-electron chi connectivity index (χ3n) is 4.18. The van der Waals surface area contributed by atoms with Gasteiger partial charge in [-0.15, -0.1) is 0 Å². The van der Waals surface area contributed by atoms with Crippen molar-refractivity contribution in [3.63, 3.8) is 0 Å². The Kier molecular flexibility index (Phi) is 3.45. The standard InChI is InChI=1S/C19H14N6O/c20-11-12-10-14-15(21)16(17(22)26)25(13-6-2-1-3-7-13)19(14)23-18(12)24-8-4-5-9-24/h1-10H,21H2,(H2,22,26). The SMILES string of the molecule is N#Cc1cc2c(N)c(C(N)=O)n(-c3ccccc3)c2nc1-n1cccc1. The molecule has 0 aliphatic carbocycles. The summed E-state index contributed by atoms with van der Waals surface area (Å²) in [5.41, 5.74) is 13.6. The fraction of sp³-hybridized carbons (Fsp3) is 0. The minimum absolute atomic E-state index is 0.146. The van der Waals surface area contributed by atoms with Crippen LogP contribution in [0.2, 0.25) is 0 Å². The summed E-state index contributed by atoms with van der Waals surface area (Å²) in [6, 6.07) is 16.7. The molecule has 4 N–H and O–H groups in total. The number of nitriles is 1. The number of nitrogens with zero attached hydrogens (tertiary/aromatic N) is 4. The number of carbonyl (C=O) groups is 1. The summed E-state index contributed by atoms with van der Waals surface area (Å²) in [5.74, 6) is -0.207. The van der Waals surface area contributed by atoms with E-state index in [0.717, 1.165) is 0 Å². The van der Waals surface area contributed by atoms with Gasteiger partial charge in [0.05, 0.1) is 11.3 Å². The fourth-order valence-corrected chi connectivity index (χ4v) is 3.04. The number of nitrogens with two attached hydrogens (primary N) is 2. The summed E-state index contributed by atoms with van der Waals surface area (Å²) < 4.78 is 3.36. The number of pyridine rings is 1. The second kappa shape index (κ2) is 5.79. The first-order valence-corrected chi connectivity index (χ1v) is 7.85. The molecular weight excluding hydrogens is 328 g/mol. The summed E-state index contributed by atoms with van der Waals surface area (Å²) >= 11 is 0. The van der Waals surface area contributed by atoms with Crippen LogP contribution in [-0.2, 0) is 0 Å². The molecule has 0 fully saturated rings. The predicted molar refractivity (Wildman–Crippen MR) is 98.0 cm³/mol. The molecule has 0 spiro atoms.